The summed E-state index contributed by atoms with van der Waals surface area (Å²) in [5.41, 5.74) is 5.91. The number of carbonyl (C=O) groups is 1. The average molecular weight is 354 g/mol. The number of rotatable bonds is 4. The summed E-state index contributed by atoms with van der Waals surface area (Å²) in [4.78, 5) is 14.7. The van der Waals surface area contributed by atoms with E-state index in [9.17, 15) is 4.79 Å². The minimum Gasteiger partial charge on any atom is -0.320 e. The van der Waals surface area contributed by atoms with Crippen LogP contribution in [0.5, 0.6) is 0 Å². The molecule has 1 aromatic carbocycles. The van der Waals surface area contributed by atoms with E-state index in [4.69, 9.17) is 0 Å². The highest BCUT2D eigenvalue weighted by molar-refractivity contribution is 5.90. The van der Waals surface area contributed by atoms with E-state index in [1.54, 1.807) is 6.20 Å². The lowest BCUT2D eigenvalue weighted by Gasteiger charge is -2.31. The third-order valence-corrected chi connectivity index (χ3v) is 5.51. The summed E-state index contributed by atoms with van der Waals surface area (Å²) in [5.74, 6) is 0.513. The van der Waals surface area contributed by atoms with Crippen molar-refractivity contribution in [1.29, 1.82) is 0 Å². The molecule has 1 atom stereocenters. The first-order valence-corrected chi connectivity index (χ1v) is 9.63. The second-order valence-corrected chi connectivity index (χ2v) is 7.59. The van der Waals surface area contributed by atoms with E-state index in [2.05, 4.69) is 56.3 Å². The second-order valence-electron chi connectivity index (χ2n) is 7.59. The fourth-order valence-electron chi connectivity index (χ4n) is 3.71. The number of hydrogen-bond donors (Lipinski definition) is 1. The molecule has 3 rings (SSSR count). The molecule has 5 nitrogen and oxygen atoms in total. The first-order chi connectivity index (χ1) is 12.4. The second kappa shape index (κ2) is 7.52. The molecule has 140 valence electrons. The van der Waals surface area contributed by atoms with Gasteiger partial charge in [0.15, 0.2) is 0 Å². The number of fused-ring (bicyclic) bond motifs is 1. The first-order valence-electron chi connectivity index (χ1n) is 9.63. The number of hydrogen-bond acceptors (Lipinski definition) is 2. The molecule has 26 heavy (non-hydrogen) atoms. The van der Waals surface area contributed by atoms with Crippen LogP contribution in [0.25, 0.3) is 0 Å². The molecule has 5 heteroatoms. The van der Waals surface area contributed by atoms with Crippen molar-refractivity contribution in [2.24, 2.45) is 0 Å². The lowest BCUT2D eigenvalue weighted by molar-refractivity contribution is 0.206. The molecule has 2 heterocycles. The molecule has 2 aromatic rings. The van der Waals surface area contributed by atoms with Gasteiger partial charge >= 0.3 is 6.03 Å². The van der Waals surface area contributed by atoms with E-state index in [0.717, 1.165) is 30.8 Å². The zero-order chi connectivity index (χ0) is 18.8. The van der Waals surface area contributed by atoms with Gasteiger partial charge < -0.3 is 10.2 Å². The van der Waals surface area contributed by atoms with Crippen molar-refractivity contribution in [3.63, 3.8) is 0 Å². The third-order valence-electron chi connectivity index (χ3n) is 5.51. The highest BCUT2D eigenvalue weighted by atomic mass is 16.2. The Balaban J connectivity index is 1.73. The van der Waals surface area contributed by atoms with Crippen LogP contribution in [0, 0.1) is 6.92 Å². The standard InChI is InChI=1S/C21H30N4O/c1-6-15(4)25-16(5)20(12-22-25)23-21(26)24-11-10-19-17(13-24)8-7-9-18(19)14(2)3/h7-9,12,14-15H,6,10-11,13H2,1-5H3,(H,23,26). The number of carbonyl (C=O) groups excluding carboxylic acids is 1. The van der Waals surface area contributed by atoms with Gasteiger partial charge in [-0.25, -0.2) is 4.79 Å². The van der Waals surface area contributed by atoms with E-state index in [1.165, 1.54) is 16.7 Å². The minimum absolute atomic E-state index is 0.0441. The molecule has 1 aliphatic heterocycles. The number of nitrogens with one attached hydrogen (secondary N) is 1. The maximum atomic E-state index is 12.8. The Labute approximate surface area is 156 Å². The molecule has 0 saturated heterocycles. The maximum Gasteiger partial charge on any atom is 0.322 e. The van der Waals surface area contributed by atoms with Gasteiger partial charge in [0.25, 0.3) is 0 Å². The van der Waals surface area contributed by atoms with Crippen LogP contribution in [0.15, 0.2) is 24.4 Å². The zero-order valence-electron chi connectivity index (χ0n) is 16.5. The van der Waals surface area contributed by atoms with E-state index in [-0.39, 0.29) is 6.03 Å². The van der Waals surface area contributed by atoms with E-state index in [0.29, 0.717) is 18.5 Å². The Bertz CT molecular complexity index is 793. The maximum absolute atomic E-state index is 12.8. The van der Waals surface area contributed by atoms with Gasteiger partial charge in [-0.1, -0.05) is 39.0 Å². The molecule has 0 bridgehead atoms. The van der Waals surface area contributed by atoms with Crippen LogP contribution in [0.1, 0.15) is 68.5 Å². The SMILES string of the molecule is CCC(C)n1ncc(NC(=O)N2CCc3c(cccc3C(C)C)C2)c1C. The largest absolute Gasteiger partial charge is 0.322 e. The number of benzene rings is 1. The van der Waals surface area contributed by atoms with Crippen molar-refractivity contribution in [2.45, 2.75) is 66.0 Å². The Morgan fingerprint density at radius 2 is 2.08 bits per heavy atom. The Morgan fingerprint density at radius 3 is 2.77 bits per heavy atom. The lowest BCUT2D eigenvalue weighted by atomic mass is 9.89. The molecule has 0 saturated carbocycles. The monoisotopic (exact) mass is 354 g/mol. The zero-order valence-corrected chi connectivity index (χ0v) is 16.5. The van der Waals surface area contributed by atoms with Crippen LogP contribution in [0.4, 0.5) is 10.5 Å². The third kappa shape index (κ3) is 3.48. The molecular formula is C21H30N4O. The molecule has 2 amide bonds. The Kier molecular flexibility index (Phi) is 5.35. The molecule has 1 N–H and O–H groups in total. The van der Waals surface area contributed by atoms with Crippen molar-refractivity contribution in [2.75, 3.05) is 11.9 Å². The molecule has 0 fully saturated rings. The summed E-state index contributed by atoms with van der Waals surface area (Å²) < 4.78 is 1.98. The van der Waals surface area contributed by atoms with Crippen LogP contribution < -0.4 is 5.32 Å². The number of aromatic nitrogens is 2. The molecule has 1 aromatic heterocycles. The smallest absolute Gasteiger partial charge is 0.320 e. The topological polar surface area (TPSA) is 50.2 Å². The predicted octanol–water partition coefficient (Wildman–Crippen LogP) is 4.88. The molecular weight excluding hydrogens is 324 g/mol. The molecule has 1 unspecified atom stereocenters. The van der Waals surface area contributed by atoms with Crippen LogP contribution in [0.2, 0.25) is 0 Å². The fraction of sp³-hybridized carbons (Fsp3) is 0.524. The van der Waals surface area contributed by atoms with Gasteiger partial charge in [0.2, 0.25) is 0 Å². The normalized spacial score (nSPS) is 15.1. The summed E-state index contributed by atoms with van der Waals surface area (Å²) in [5, 5.41) is 7.49. The summed E-state index contributed by atoms with van der Waals surface area (Å²) in [6.45, 7) is 12.2. The number of urea groups is 1. The number of amides is 2. The minimum atomic E-state index is -0.0441. The van der Waals surface area contributed by atoms with Crippen molar-refractivity contribution < 1.29 is 4.79 Å². The molecule has 1 aliphatic rings. The van der Waals surface area contributed by atoms with Crippen LogP contribution >= 0.6 is 0 Å². The van der Waals surface area contributed by atoms with Crippen molar-refractivity contribution in [1.82, 2.24) is 14.7 Å². The van der Waals surface area contributed by atoms with Crippen molar-refractivity contribution in [3.8, 4) is 0 Å². The number of anilines is 1. The summed E-state index contributed by atoms with van der Waals surface area (Å²) in [6.07, 6.45) is 3.69. The van der Waals surface area contributed by atoms with Gasteiger partial charge in [0.05, 0.1) is 17.6 Å². The van der Waals surface area contributed by atoms with Crippen molar-refractivity contribution >= 4 is 11.7 Å². The molecule has 0 radical (unpaired) electrons. The number of nitrogens with zero attached hydrogens (tertiary/aromatic N) is 3. The first kappa shape index (κ1) is 18.5. The van der Waals surface area contributed by atoms with E-state index >= 15 is 0 Å². The summed E-state index contributed by atoms with van der Waals surface area (Å²) in [6, 6.07) is 6.75. The van der Waals surface area contributed by atoms with E-state index in [1.807, 2.05) is 16.5 Å². The van der Waals surface area contributed by atoms with Gasteiger partial charge in [-0.05, 0) is 49.3 Å². The lowest BCUT2D eigenvalue weighted by Crippen LogP contribution is -2.39. The van der Waals surface area contributed by atoms with Gasteiger partial charge in [-0.15, -0.1) is 0 Å². The Morgan fingerprint density at radius 1 is 1.31 bits per heavy atom. The van der Waals surface area contributed by atoms with Gasteiger partial charge in [-0.2, -0.15) is 5.10 Å². The average Bonchev–Trinajstić information content (AvgIpc) is 3.00. The van der Waals surface area contributed by atoms with Crippen LogP contribution in [-0.4, -0.2) is 27.3 Å². The molecule has 0 spiro atoms. The van der Waals surface area contributed by atoms with E-state index < -0.39 is 0 Å². The summed E-state index contributed by atoms with van der Waals surface area (Å²) >= 11 is 0. The van der Waals surface area contributed by atoms with Gasteiger partial charge in [0, 0.05) is 19.1 Å². The quantitative estimate of drug-likeness (QED) is 0.851. The highest BCUT2D eigenvalue weighted by Crippen LogP contribution is 2.28. The summed E-state index contributed by atoms with van der Waals surface area (Å²) in [7, 11) is 0. The van der Waals surface area contributed by atoms with Crippen LogP contribution in [0.3, 0.4) is 0 Å². The van der Waals surface area contributed by atoms with Gasteiger partial charge in [-0.3, -0.25) is 4.68 Å². The van der Waals surface area contributed by atoms with Gasteiger partial charge in [0.1, 0.15) is 0 Å². The van der Waals surface area contributed by atoms with Crippen molar-refractivity contribution in [3.05, 3.63) is 46.8 Å². The van der Waals surface area contributed by atoms with Crippen LogP contribution in [-0.2, 0) is 13.0 Å². The fourth-order valence-corrected chi connectivity index (χ4v) is 3.71. The Hall–Kier alpha value is -2.30. The highest BCUT2D eigenvalue weighted by Gasteiger charge is 2.24. The molecule has 0 aliphatic carbocycles. The predicted molar refractivity (Wildman–Crippen MR) is 106 cm³/mol.